The predicted molar refractivity (Wildman–Crippen MR) is 168 cm³/mol. The molecule has 0 aliphatic carbocycles. The molecular weight excluding hydrogens is 510 g/mol. The molecule has 4 heteroatoms. The van der Waals surface area contributed by atoms with Crippen LogP contribution in [0.3, 0.4) is 0 Å². The summed E-state index contributed by atoms with van der Waals surface area (Å²) in [6, 6.07) is 40.8. The summed E-state index contributed by atoms with van der Waals surface area (Å²) in [7, 11) is 0. The molecule has 10 aromatic rings. The highest BCUT2D eigenvalue weighted by molar-refractivity contribution is 7.27. The van der Waals surface area contributed by atoms with Gasteiger partial charge in [-0.05, 0) is 42.5 Å². The third-order valence-electron chi connectivity index (χ3n) is 8.38. The Labute approximate surface area is 231 Å². The van der Waals surface area contributed by atoms with E-state index in [1.54, 1.807) is 0 Å². The number of hydrogen-bond acceptors (Lipinski definition) is 3. The van der Waals surface area contributed by atoms with Crippen molar-refractivity contribution in [3.63, 3.8) is 0 Å². The van der Waals surface area contributed by atoms with Gasteiger partial charge < -0.3 is 13.4 Å². The largest absolute Gasteiger partial charge is 0.456 e. The van der Waals surface area contributed by atoms with E-state index in [-0.39, 0.29) is 0 Å². The van der Waals surface area contributed by atoms with Gasteiger partial charge in [-0.1, -0.05) is 72.8 Å². The van der Waals surface area contributed by atoms with E-state index in [4.69, 9.17) is 8.83 Å². The quantitative estimate of drug-likeness (QED) is 0.212. The highest BCUT2D eigenvalue weighted by Crippen LogP contribution is 2.50. The molecule has 0 amide bonds. The maximum absolute atomic E-state index is 6.68. The van der Waals surface area contributed by atoms with Crippen LogP contribution in [-0.4, -0.2) is 4.57 Å². The van der Waals surface area contributed by atoms with Crippen molar-refractivity contribution in [2.24, 2.45) is 0 Å². The highest BCUT2D eigenvalue weighted by atomic mass is 32.1. The van der Waals surface area contributed by atoms with Crippen LogP contribution in [0.1, 0.15) is 0 Å². The normalized spacial score (nSPS) is 12.5. The van der Waals surface area contributed by atoms with E-state index >= 15 is 0 Å². The highest BCUT2D eigenvalue weighted by Gasteiger charge is 2.25. The molecule has 0 unspecified atom stereocenters. The van der Waals surface area contributed by atoms with E-state index in [9.17, 15) is 0 Å². The molecule has 0 spiro atoms. The summed E-state index contributed by atoms with van der Waals surface area (Å²) in [5.41, 5.74) is 7.24. The summed E-state index contributed by atoms with van der Waals surface area (Å²) in [4.78, 5) is 0. The number of fused-ring (bicyclic) bond motifs is 15. The molecular formula is C36H19NO2S. The summed E-state index contributed by atoms with van der Waals surface area (Å²) in [6.45, 7) is 0. The molecule has 0 bridgehead atoms. The molecule has 0 fully saturated rings. The number of aromatic nitrogens is 1. The standard InChI is InChI=1S/C36H19NO2S/c1-5-13-26-22(10-1)31-32-23-11-3-7-15-28(23)39-35(32)33-24-12-4-8-16-30(24)40-36(33)34(31)37(26)20-17-18-29-25(19-20)21-9-2-6-14-27(21)38-29/h1-19H. The number of furan rings is 2. The van der Waals surface area contributed by atoms with Crippen molar-refractivity contribution in [2.45, 2.75) is 0 Å². The Bertz CT molecular complexity index is 2660. The third kappa shape index (κ3) is 2.50. The fourth-order valence-corrected chi connectivity index (χ4v) is 7.98. The molecule has 10 rings (SSSR count). The van der Waals surface area contributed by atoms with Gasteiger partial charge in [-0.15, -0.1) is 11.3 Å². The van der Waals surface area contributed by atoms with Crippen molar-refractivity contribution in [1.29, 1.82) is 0 Å². The van der Waals surface area contributed by atoms with Crippen LogP contribution >= 0.6 is 11.3 Å². The zero-order valence-corrected chi connectivity index (χ0v) is 22.0. The minimum absolute atomic E-state index is 0.904. The molecule has 0 N–H and O–H groups in total. The number of benzene rings is 6. The first-order valence-corrected chi connectivity index (χ1v) is 14.3. The Morgan fingerprint density at radius 2 is 1.18 bits per heavy atom. The Balaban J connectivity index is 1.50. The minimum atomic E-state index is 0.904. The van der Waals surface area contributed by atoms with Crippen LogP contribution < -0.4 is 0 Å². The van der Waals surface area contributed by atoms with Gasteiger partial charge in [0.15, 0.2) is 0 Å². The van der Waals surface area contributed by atoms with Crippen LogP contribution in [0.15, 0.2) is 124 Å². The van der Waals surface area contributed by atoms with Gasteiger partial charge in [-0.2, -0.15) is 0 Å². The second-order valence-corrected chi connectivity index (χ2v) is 11.5. The fourth-order valence-electron chi connectivity index (χ4n) is 6.74. The molecule has 40 heavy (non-hydrogen) atoms. The van der Waals surface area contributed by atoms with Gasteiger partial charge in [0.05, 0.1) is 15.7 Å². The number of hydrogen-bond donors (Lipinski definition) is 0. The van der Waals surface area contributed by atoms with Crippen LogP contribution in [0, 0.1) is 0 Å². The smallest absolute Gasteiger partial charge is 0.145 e. The van der Waals surface area contributed by atoms with Gasteiger partial charge in [0.2, 0.25) is 0 Å². The lowest BCUT2D eigenvalue weighted by atomic mass is 10.0. The van der Waals surface area contributed by atoms with Crippen molar-refractivity contribution >= 4 is 97.2 Å². The lowest BCUT2D eigenvalue weighted by Crippen LogP contribution is -1.93. The summed E-state index contributed by atoms with van der Waals surface area (Å²) >= 11 is 1.85. The zero-order chi connectivity index (χ0) is 25.9. The van der Waals surface area contributed by atoms with Crippen LogP contribution in [-0.2, 0) is 0 Å². The Morgan fingerprint density at radius 1 is 0.500 bits per heavy atom. The molecule has 4 heterocycles. The first kappa shape index (κ1) is 20.8. The second kappa shape index (κ2) is 7.32. The van der Waals surface area contributed by atoms with Gasteiger partial charge in [-0.25, -0.2) is 0 Å². The predicted octanol–water partition coefficient (Wildman–Crippen LogP) is 11.0. The first-order valence-electron chi connectivity index (χ1n) is 13.4. The van der Waals surface area contributed by atoms with E-state index in [1.165, 1.54) is 47.4 Å². The summed E-state index contributed by atoms with van der Waals surface area (Å²) in [6.07, 6.45) is 0. The molecule has 186 valence electrons. The second-order valence-electron chi connectivity index (χ2n) is 10.5. The summed E-state index contributed by atoms with van der Waals surface area (Å²) in [5.74, 6) is 0. The molecule has 0 aliphatic rings. The van der Waals surface area contributed by atoms with Crippen molar-refractivity contribution in [1.82, 2.24) is 4.57 Å². The van der Waals surface area contributed by atoms with Crippen molar-refractivity contribution < 1.29 is 8.83 Å². The minimum Gasteiger partial charge on any atom is -0.456 e. The average molecular weight is 530 g/mol. The molecule has 0 saturated heterocycles. The van der Waals surface area contributed by atoms with E-state index in [2.05, 4.69) is 108 Å². The summed E-state index contributed by atoms with van der Waals surface area (Å²) < 4.78 is 17.8. The van der Waals surface area contributed by atoms with Gasteiger partial charge in [0, 0.05) is 53.5 Å². The number of thiophene rings is 1. The van der Waals surface area contributed by atoms with Crippen molar-refractivity contribution in [3.05, 3.63) is 115 Å². The third-order valence-corrected chi connectivity index (χ3v) is 9.55. The van der Waals surface area contributed by atoms with Crippen LogP contribution in [0.4, 0.5) is 0 Å². The van der Waals surface area contributed by atoms with Gasteiger partial charge in [0.25, 0.3) is 0 Å². The van der Waals surface area contributed by atoms with Crippen molar-refractivity contribution in [3.8, 4) is 5.69 Å². The van der Waals surface area contributed by atoms with E-state index in [0.29, 0.717) is 0 Å². The Morgan fingerprint density at radius 3 is 2.05 bits per heavy atom. The Kier molecular flexibility index (Phi) is 3.81. The van der Waals surface area contributed by atoms with Crippen LogP contribution in [0.25, 0.3) is 91.5 Å². The fraction of sp³-hybridized carbons (Fsp3) is 0. The molecule has 4 aromatic heterocycles. The molecule has 0 atom stereocenters. The zero-order valence-electron chi connectivity index (χ0n) is 21.1. The lowest BCUT2D eigenvalue weighted by molar-refractivity contribution is 0.669. The van der Waals surface area contributed by atoms with Crippen LogP contribution in [0.2, 0.25) is 0 Å². The molecule has 0 aliphatic heterocycles. The Hall–Kier alpha value is -5.06. The molecule has 6 aromatic carbocycles. The topological polar surface area (TPSA) is 31.2 Å². The van der Waals surface area contributed by atoms with Gasteiger partial charge in [-0.3, -0.25) is 0 Å². The molecule has 0 saturated carbocycles. The number of nitrogens with zero attached hydrogens (tertiary/aromatic N) is 1. The monoisotopic (exact) mass is 529 g/mol. The summed E-state index contributed by atoms with van der Waals surface area (Å²) in [5, 5.41) is 9.50. The SMILES string of the molecule is c1ccc2c(c1)oc1ccc(-n3c4ccccc4c4c5c6ccccc6oc5c5c6ccccc6sc5c43)cc12. The average Bonchev–Trinajstić information content (AvgIpc) is 3.75. The molecule has 3 nitrogen and oxygen atoms in total. The maximum Gasteiger partial charge on any atom is 0.145 e. The number of rotatable bonds is 1. The maximum atomic E-state index is 6.68. The van der Waals surface area contributed by atoms with E-state index in [0.717, 1.165) is 44.2 Å². The lowest BCUT2D eigenvalue weighted by Gasteiger charge is -2.09. The molecule has 0 radical (unpaired) electrons. The van der Waals surface area contributed by atoms with Crippen LogP contribution in [0.5, 0.6) is 0 Å². The van der Waals surface area contributed by atoms with Crippen molar-refractivity contribution in [2.75, 3.05) is 0 Å². The van der Waals surface area contributed by atoms with E-state index in [1.807, 2.05) is 23.5 Å². The van der Waals surface area contributed by atoms with E-state index < -0.39 is 0 Å². The van der Waals surface area contributed by atoms with Gasteiger partial charge >= 0.3 is 0 Å². The first-order chi connectivity index (χ1) is 19.8. The number of para-hydroxylation sites is 3. The van der Waals surface area contributed by atoms with Gasteiger partial charge in [0.1, 0.15) is 22.3 Å².